The second-order valence-corrected chi connectivity index (χ2v) is 26.9. The highest BCUT2D eigenvalue weighted by Crippen LogP contribution is 2.56. The van der Waals surface area contributed by atoms with Crippen molar-refractivity contribution < 1.29 is 8.53 Å². The zero-order chi connectivity index (χ0) is 50.7. The molecule has 348 valence electrons. The molecule has 4 heteroatoms. The number of anilines is 6. The molecule has 3 nitrogen and oxygen atoms in total. The summed E-state index contributed by atoms with van der Waals surface area (Å²) in [4.78, 5) is 4.96. The van der Waals surface area contributed by atoms with E-state index in [9.17, 15) is 4.11 Å². The first kappa shape index (κ1) is 40.7. The number of para-hydroxylation sites is 1. The number of hydrogen-bond acceptors (Lipinski definition) is 3. The highest BCUT2D eigenvalue weighted by molar-refractivity contribution is 7.00. The van der Waals surface area contributed by atoms with E-state index >= 15 is 0 Å². The van der Waals surface area contributed by atoms with Crippen LogP contribution in [-0.2, 0) is 37.9 Å². The van der Waals surface area contributed by atoms with Crippen LogP contribution in [0.3, 0.4) is 0 Å². The van der Waals surface area contributed by atoms with Crippen molar-refractivity contribution >= 4 is 79.2 Å². The highest BCUT2D eigenvalue weighted by atomic mass is 16.3. The quantitative estimate of drug-likeness (QED) is 0.161. The van der Waals surface area contributed by atoms with Gasteiger partial charge in [0, 0.05) is 54.6 Å². The molecule has 68 heavy (non-hydrogen) atoms. The predicted octanol–water partition coefficient (Wildman–Crippen LogP) is 15.9. The van der Waals surface area contributed by atoms with Crippen molar-refractivity contribution in [1.29, 1.82) is 0 Å². The largest absolute Gasteiger partial charge is 0.456 e. The van der Waals surface area contributed by atoms with Crippen molar-refractivity contribution in [2.45, 2.75) is 181 Å². The van der Waals surface area contributed by atoms with Crippen molar-refractivity contribution in [3.63, 3.8) is 0 Å². The van der Waals surface area contributed by atoms with Gasteiger partial charge in [-0.3, -0.25) is 0 Å². The average Bonchev–Trinajstić information content (AvgIpc) is 3.74. The summed E-state index contributed by atoms with van der Waals surface area (Å²) in [6.07, 6.45) is 5.49. The smallest absolute Gasteiger partial charge is 0.252 e. The van der Waals surface area contributed by atoms with Crippen molar-refractivity contribution in [2.75, 3.05) is 9.80 Å². The molecule has 0 bridgehead atoms. The molecule has 2 aliphatic heterocycles. The summed E-state index contributed by atoms with van der Waals surface area (Å²) in [7, 11) is 0. The normalized spacial score (nSPS) is 21.5. The third-order valence-electron chi connectivity index (χ3n) is 18.1. The van der Waals surface area contributed by atoms with Crippen molar-refractivity contribution in [3.8, 4) is 0 Å². The van der Waals surface area contributed by atoms with Gasteiger partial charge in [-0.25, -0.2) is 0 Å². The van der Waals surface area contributed by atoms with Gasteiger partial charge in [0.25, 0.3) is 6.71 Å². The predicted molar refractivity (Wildman–Crippen MR) is 292 cm³/mol. The zero-order valence-corrected chi connectivity index (χ0v) is 43.6. The van der Waals surface area contributed by atoms with Crippen LogP contribution < -0.4 is 26.2 Å². The van der Waals surface area contributed by atoms with E-state index in [0.717, 1.165) is 99.2 Å². The Kier molecular flexibility index (Phi) is 8.10. The molecule has 6 aromatic carbocycles. The number of furan rings is 1. The Labute approximate surface area is 412 Å². The number of nitrogens with zero attached hydrogens (tertiary/aromatic N) is 2. The van der Waals surface area contributed by atoms with Gasteiger partial charge < -0.3 is 14.2 Å². The third kappa shape index (κ3) is 6.10. The summed E-state index contributed by atoms with van der Waals surface area (Å²) >= 11 is 0. The molecule has 12 rings (SSSR count). The molecule has 5 aliphatic rings. The number of rotatable bonds is 2. The molecule has 3 heterocycles. The second kappa shape index (κ2) is 13.6. The number of aryl methyl sites for hydroxylation is 1. The van der Waals surface area contributed by atoms with Gasteiger partial charge in [-0.15, -0.1) is 0 Å². The molecule has 0 saturated carbocycles. The van der Waals surface area contributed by atoms with E-state index < -0.39 is 6.85 Å². The van der Waals surface area contributed by atoms with Gasteiger partial charge in [0.15, 0.2) is 0 Å². The minimum absolute atomic E-state index is 0.0266. The number of fused-ring (bicyclic) bond motifs is 10. The van der Waals surface area contributed by atoms with Crippen LogP contribution in [0.2, 0.25) is 0 Å². The maximum atomic E-state index is 9.28. The average molecular weight is 900 g/mol. The van der Waals surface area contributed by atoms with Crippen LogP contribution in [0.4, 0.5) is 34.1 Å². The Morgan fingerprint density at radius 1 is 0.500 bits per heavy atom. The second-order valence-electron chi connectivity index (χ2n) is 26.9. The monoisotopic (exact) mass is 900 g/mol. The molecule has 0 saturated heterocycles. The van der Waals surface area contributed by atoms with Crippen LogP contribution in [0, 0.1) is 6.85 Å². The van der Waals surface area contributed by atoms with Crippen LogP contribution in [0.15, 0.2) is 95.4 Å². The lowest BCUT2D eigenvalue weighted by atomic mass is 9.33. The van der Waals surface area contributed by atoms with E-state index in [2.05, 4.69) is 186 Å². The number of hydrogen-bond donors (Lipinski definition) is 0. The van der Waals surface area contributed by atoms with Crippen LogP contribution >= 0.6 is 0 Å². The first-order valence-electron chi connectivity index (χ1n) is 27.2. The van der Waals surface area contributed by atoms with Gasteiger partial charge in [0.1, 0.15) is 11.2 Å². The molecular formula is C64H73BN2O. The minimum atomic E-state index is -2.38. The van der Waals surface area contributed by atoms with E-state index in [4.69, 9.17) is 4.42 Å². The summed E-state index contributed by atoms with van der Waals surface area (Å²) in [6, 6.07) is 34.6. The lowest BCUT2D eigenvalue weighted by Crippen LogP contribution is -2.62. The van der Waals surface area contributed by atoms with Gasteiger partial charge in [0.2, 0.25) is 0 Å². The summed E-state index contributed by atoms with van der Waals surface area (Å²) in [5.41, 5.74) is 21.2. The summed E-state index contributed by atoms with van der Waals surface area (Å²) in [5, 5.41) is 2.15. The van der Waals surface area contributed by atoms with E-state index in [0.29, 0.717) is 5.56 Å². The van der Waals surface area contributed by atoms with Crippen LogP contribution in [-0.4, -0.2) is 6.71 Å². The van der Waals surface area contributed by atoms with Gasteiger partial charge >= 0.3 is 0 Å². The van der Waals surface area contributed by atoms with Crippen molar-refractivity contribution in [3.05, 3.63) is 136 Å². The molecule has 0 amide bonds. The maximum absolute atomic E-state index is 9.28. The Bertz CT molecular complexity index is 3460. The van der Waals surface area contributed by atoms with Crippen LogP contribution in [0.25, 0.3) is 21.9 Å². The molecule has 0 spiro atoms. The van der Waals surface area contributed by atoms with Gasteiger partial charge in [-0.2, -0.15) is 0 Å². The Morgan fingerprint density at radius 2 is 1.00 bits per heavy atom. The SMILES string of the molecule is [2H]C([2H])([2H])c1cc2c3c(c1)N(c1cc(C(C)(C)C)c4oc5ccccc5c4c1)c1cc4c(cc1B3c1cc3c(cc1N2c1ccc2c(c1)C(C)(C)CCC2(C)C)C(C)(C)CCC3(C)C)C(C)(C)CC4(C)C. The van der Waals surface area contributed by atoms with E-state index in [1.165, 1.54) is 44.3 Å². The Morgan fingerprint density at radius 3 is 1.57 bits per heavy atom. The molecule has 0 unspecified atom stereocenters. The third-order valence-corrected chi connectivity index (χ3v) is 18.1. The van der Waals surface area contributed by atoms with Gasteiger partial charge in [-0.05, 0) is 187 Å². The molecule has 0 N–H and O–H groups in total. The van der Waals surface area contributed by atoms with E-state index in [-0.39, 0.29) is 44.6 Å². The Balaban J connectivity index is 1.26. The molecule has 7 aromatic rings. The fraction of sp³-hybridized carbons (Fsp3) is 0.438. The van der Waals surface area contributed by atoms with Crippen LogP contribution in [0.1, 0.15) is 185 Å². The van der Waals surface area contributed by atoms with E-state index in [1.807, 2.05) is 18.2 Å². The summed E-state index contributed by atoms with van der Waals surface area (Å²) in [5.74, 6) is 0. The van der Waals surface area contributed by atoms with Crippen LogP contribution in [0.5, 0.6) is 0 Å². The molecule has 0 atom stereocenters. The molecule has 0 radical (unpaired) electrons. The lowest BCUT2D eigenvalue weighted by Gasteiger charge is -2.48. The highest BCUT2D eigenvalue weighted by Gasteiger charge is 2.50. The number of benzene rings is 6. The van der Waals surface area contributed by atoms with Gasteiger partial charge in [-0.1, -0.05) is 140 Å². The first-order valence-corrected chi connectivity index (χ1v) is 25.7. The van der Waals surface area contributed by atoms with E-state index in [1.54, 1.807) is 0 Å². The lowest BCUT2D eigenvalue weighted by molar-refractivity contribution is 0.332. The topological polar surface area (TPSA) is 19.6 Å². The fourth-order valence-corrected chi connectivity index (χ4v) is 14.3. The maximum Gasteiger partial charge on any atom is 0.252 e. The van der Waals surface area contributed by atoms with Gasteiger partial charge in [0.05, 0.1) is 0 Å². The zero-order valence-electron chi connectivity index (χ0n) is 46.6. The fourth-order valence-electron chi connectivity index (χ4n) is 14.3. The minimum Gasteiger partial charge on any atom is -0.456 e. The molecule has 3 aliphatic carbocycles. The summed E-state index contributed by atoms with van der Waals surface area (Å²) in [6.45, 7) is 33.3. The molecular weight excluding hydrogens is 824 g/mol. The molecule has 1 aromatic heterocycles. The van der Waals surface area contributed by atoms with Crippen molar-refractivity contribution in [2.24, 2.45) is 0 Å². The van der Waals surface area contributed by atoms with Crippen molar-refractivity contribution in [1.82, 2.24) is 0 Å². The molecule has 0 fully saturated rings. The summed E-state index contributed by atoms with van der Waals surface area (Å²) < 4.78 is 34.6. The Hall–Kier alpha value is -5.22. The first-order chi connectivity index (χ1) is 32.9. The standard InChI is InChI=1S/C64H73BN2O/c1-37-27-53-56-54(28-37)67(39-29-41-40-19-17-18-20-55(40)68-57(41)48(31-39)58(2,3)4)52-35-47-45(63(13,14)36-64(47,15)16)33-50(52)65(56)49-32-44-46(62(11,12)26-25-61(44,9)10)34-51(49)66(53)38-21-22-42-43(30-38)60(7,8)24-23-59(42,5)6/h17-22,27-35H,23-26,36H2,1-16H3/i1D3.